The van der Waals surface area contributed by atoms with Crippen molar-refractivity contribution in [2.75, 3.05) is 24.0 Å². The Kier molecular flexibility index (Phi) is 6.89. The highest BCUT2D eigenvalue weighted by molar-refractivity contribution is 6.09. The van der Waals surface area contributed by atoms with Crippen molar-refractivity contribution in [1.82, 2.24) is 0 Å². The number of amides is 2. The lowest BCUT2D eigenvalue weighted by Crippen LogP contribution is -2.80. The fraction of sp³-hybridized carbons (Fsp3) is 0.333. The Labute approximate surface area is 217 Å². The summed E-state index contributed by atoms with van der Waals surface area (Å²) in [5.74, 6) is 1.25. The van der Waals surface area contributed by atoms with Crippen molar-refractivity contribution in [3.05, 3.63) is 84.4 Å². The highest BCUT2D eigenvalue weighted by Gasteiger charge is 2.63. The molecule has 2 aliphatic rings. The van der Waals surface area contributed by atoms with Crippen LogP contribution >= 0.6 is 0 Å². The molecule has 2 fully saturated rings. The van der Waals surface area contributed by atoms with E-state index in [9.17, 15) is 9.59 Å². The maximum atomic E-state index is 13.5. The van der Waals surface area contributed by atoms with E-state index in [4.69, 9.17) is 14.2 Å². The first-order chi connectivity index (χ1) is 17.9. The zero-order valence-corrected chi connectivity index (χ0v) is 21.5. The van der Waals surface area contributed by atoms with E-state index in [0.717, 1.165) is 22.7 Å². The van der Waals surface area contributed by atoms with Gasteiger partial charge in [0.25, 0.3) is 5.91 Å². The number of β-lactam (4-membered cyclic amide) rings is 2. The van der Waals surface area contributed by atoms with Crippen LogP contribution in [-0.4, -0.2) is 44.2 Å². The summed E-state index contributed by atoms with van der Waals surface area (Å²) >= 11 is 0. The molecule has 0 radical (unpaired) electrons. The van der Waals surface area contributed by atoms with Gasteiger partial charge in [0.15, 0.2) is 6.10 Å². The minimum Gasteiger partial charge on any atom is -0.497 e. The smallest absolute Gasteiger partial charge is 0.258 e. The summed E-state index contributed by atoms with van der Waals surface area (Å²) in [6.45, 7) is 4.43. The van der Waals surface area contributed by atoms with E-state index in [2.05, 4.69) is 13.8 Å². The Morgan fingerprint density at radius 3 is 1.70 bits per heavy atom. The SMILES string of the molecule is COc1ccc(N2C(=O)[C@H](OCc3ccccc3)[C@@H]2[C@H]2[C@H](C(C)C)C(=O)N2c2ccc(OC)cc2)cc1. The van der Waals surface area contributed by atoms with Crippen LogP contribution in [0.4, 0.5) is 11.4 Å². The average molecular weight is 501 g/mol. The van der Waals surface area contributed by atoms with E-state index in [1.54, 1.807) is 19.1 Å². The summed E-state index contributed by atoms with van der Waals surface area (Å²) in [5.41, 5.74) is 2.53. The van der Waals surface area contributed by atoms with E-state index in [0.29, 0.717) is 12.4 Å². The monoisotopic (exact) mass is 500 g/mol. The van der Waals surface area contributed by atoms with Crippen LogP contribution in [0.1, 0.15) is 19.4 Å². The number of ether oxygens (including phenoxy) is 3. The molecule has 0 unspecified atom stereocenters. The van der Waals surface area contributed by atoms with Crippen LogP contribution in [0.5, 0.6) is 11.5 Å². The second-order valence-electron chi connectivity index (χ2n) is 9.78. The number of rotatable bonds is 9. The predicted molar refractivity (Wildman–Crippen MR) is 142 cm³/mol. The summed E-state index contributed by atoms with van der Waals surface area (Å²) in [5, 5.41) is 0. The Hall–Kier alpha value is -3.84. The van der Waals surface area contributed by atoms with Crippen molar-refractivity contribution < 1.29 is 23.8 Å². The molecule has 5 rings (SSSR count). The molecule has 2 heterocycles. The van der Waals surface area contributed by atoms with Gasteiger partial charge in [-0.3, -0.25) is 9.59 Å². The summed E-state index contributed by atoms with van der Waals surface area (Å²) in [6, 6.07) is 24.1. The van der Waals surface area contributed by atoms with E-state index >= 15 is 0 Å². The normalized spacial score (nSPS) is 23.1. The number of hydrogen-bond donors (Lipinski definition) is 0. The van der Waals surface area contributed by atoms with Gasteiger partial charge in [-0.2, -0.15) is 0 Å². The second kappa shape index (κ2) is 10.3. The summed E-state index contributed by atoms with van der Waals surface area (Å²) < 4.78 is 16.9. The van der Waals surface area contributed by atoms with Gasteiger partial charge in [-0.05, 0) is 60.0 Å². The van der Waals surface area contributed by atoms with Crippen LogP contribution in [0, 0.1) is 11.8 Å². The number of carbonyl (C=O) groups is 2. The Balaban J connectivity index is 1.50. The van der Waals surface area contributed by atoms with Crippen molar-refractivity contribution in [3.63, 3.8) is 0 Å². The standard InChI is InChI=1S/C30H32N2O5/c1-19(2)25-26(31(29(25)33)21-10-14-23(35-3)15-11-21)27-28(37-18-20-8-6-5-7-9-20)30(34)32(27)22-12-16-24(36-4)17-13-22/h5-17,19,25-28H,18H2,1-4H3/t25-,26+,27-,28+/m0/s1. The van der Waals surface area contributed by atoms with Gasteiger partial charge >= 0.3 is 0 Å². The largest absolute Gasteiger partial charge is 0.497 e. The number of nitrogens with zero attached hydrogens (tertiary/aromatic N) is 2. The predicted octanol–water partition coefficient (Wildman–Crippen LogP) is 4.69. The van der Waals surface area contributed by atoms with E-state index in [1.807, 2.05) is 83.8 Å². The van der Waals surface area contributed by atoms with Crippen molar-refractivity contribution in [2.45, 2.75) is 38.6 Å². The Morgan fingerprint density at radius 2 is 1.22 bits per heavy atom. The lowest BCUT2D eigenvalue weighted by atomic mass is 9.70. The quantitative estimate of drug-likeness (QED) is 0.399. The molecule has 7 heteroatoms. The first-order valence-electron chi connectivity index (χ1n) is 12.5. The highest BCUT2D eigenvalue weighted by Crippen LogP contribution is 2.46. The van der Waals surface area contributed by atoms with Gasteiger partial charge in [-0.1, -0.05) is 44.2 Å². The first kappa shape index (κ1) is 24.8. The molecule has 4 atom stereocenters. The van der Waals surface area contributed by atoms with Crippen LogP contribution in [0.3, 0.4) is 0 Å². The zero-order chi connectivity index (χ0) is 26.1. The van der Waals surface area contributed by atoms with Gasteiger partial charge in [-0.15, -0.1) is 0 Å². The molecule has 3 aromatic rings. The van der Waals surface area contributed by atoms with Gasteiger partial charge in [0.1, 0.15) is 11.5 Å². The van der Waals surface area contributed by atoms with Gasteiger partial charge in [-0.25, -0.2) is 0 Å². The third kappa shape index (κ3) is 4.44. The number of benzene rings is 3. The third-order valence-electron chi connectivity index (χ3n) is 7.32. The number of carbonyl (C=O) groups excluding carboxylic acids is 2. The molecule has 192 valence electrons. The molecule has 2 aliphatic heterocycles. The van der Waals surface area contributed by atoms with Crippen molar-refractivity contribution in [3.8, 4) is 11.5 Å². The van der Waals surface area contributed by atoms with Gasteiger partial charge < -0.3 is 24.0 Å². The van der Waals surface area contributed by atoms with Crippen LogP contribution in [0.2, 0.25) is 0 Å². The molecule has 3 aromatic carbocycles. The Morgan fingerprint density at radius 1 is 0.703 bits per heavy atom. The lowest BCUT2D eigenvalue weighted by Gasteiger charge is -2.59. The van der Waals surface area contributed by atoms with Crippen LogP contribution in [-0.2, 0) is 20.9 Å². The van der Waals surface area contributed by atoms with Crippen LogP contribution < -0.4 is 19.3 Å². The zero-order valence-electron chi connectivity index (χ0n) is 21.5. The average Bonchev–Trinajstić information content (AvgIpc) is 2.91. The highest BCUT2D eigenvalue weighted by atomic mass is 16.5. The molecule has 0 aliphatic carbocycles. The molecule has 0 aromatic heterocycles. The Bertz CT molecular complexity index is 1240. The molecular formula is C30H32N2O5. The van der Waals surface area contributed by atoms with Gasteiger partial charge in [0, 0.05) is 11.4 Å². The minimum atomic E-state index is -0.664. The van der Waals surface area contributed by atoms with E-state index < -0.39 is 6.10 Å². The van der Waals surface area contributed by atoms with Crippen LogP contribution in [0.15, 0.2) is 78.9 Å². The first-order valence-corrected chi connectivity index (χ1v) is 12.5. The molecule has 2 amide bonds. The molecular weight excluding hydrogens is 468 g/mol. The summed E-state index contributed by atoms with van der Waals surface area (Å²) in [7, 11) is 3.22. The van der Waals surface area contributed by atoms with Gasteiger partial charge in [0.2, 0.25) is 5.91 Å². The molecule has 37 heavy (non-hydrogen) atoms. The fourth-order valence-electron chi connectivity index (χ4n) is 5.41. The topological polar surface area (TPSA) is 68.3 Å². The minimum absolute atomic E-state index is 0.0565. The second-order valence-corrected chi connectivity index (χ2v) is 9.78. The fourth-order valence-corrected chi connectivity index (χ4v) is 5.41. The van der Waals surface area contributed by atoms with Crippen molar-refractivity contribution >= 4 is 23.2 Å². The van der Waals surface area contributed by atoms with Crippen molar-refractivity contribution in [2.24, 2.45) is 11.8 Å². The molecule has 2 saturated heterocycles. The summed E-state index contributed by atoms with van der Waals surface area (Å²) in [4.78, 5) is 30.6. The maximum absolute atomic E-state index is 13.5. The molecule has 7 nitrogen and oxygen atoms in total. The molecule has 0 bridgehead atoms. The van der Waals surface area contributed by atoms with E-state index in [-0.39, 0.29) is 35.7 Å². The van der Waals surface area contributed by atoms with Crippen LogP contribution in [0.25, 0.3) is 0 Å². The third-order valence-corrected chi connectivity index (χ3v) is 7.32. The molecule has 0 N–H and O–H groups in total. The number of methoxy groups -OCH3 is 2. The van der Waals surface area contributed by atoms with Crippen molar-refractivity contribution in [1.29, 1.82) is 0 Å². The van der Waals surface area contributed by atoms with Gasteiger partial charge in [0.05, 0.1) is 38.8 Å². The molecule has 0 saturated carbocycles. The maximum Gasteiger partial charge on any atom is 0.258 e. The molecule has 0 spiro atoms. The van der Waals surface area contributed by atoms with E-state index in [1.165, 1.54) is 0 Å². The lowest BCUT2D eigenvalue weighted by molar-refractivity contribution is -0.151. The number of anilines is 2. The summed E-state index contributed by atoms with van der Waals surface area (Å²) in [6.07, 6.45) is -0.664. The number of hydrogen-bond acceptors (Lipinski definition) is 5.